The molecule has 0 saturated carbocycles. The van der Waals surface area contributed by atoms with Crippen LogP contribution in [-0.4, -0.2) is 60.7 Å². The molecule has 0 aliphatic heterocycles. The Morgan fingerprint density at radius 2 is 1.66 bits per heavy atom. The first kappa shape index (κ1) is 26.9. The number of rotatable bonds is 11. The largest absolute Gasteiger partial charge is 0.467 e. The number of urea groups is 1. The van der Waals surface area contributed by atoms with Crippen molar-refractivity contribution in [1.82, 2.24) is 10.2 Å². The molecule has 32 heavy (non-hydrogen) atoms. The van der Waals surface area contributed by atoms with Gasteiger partial charge in [-0.05, 0) is 32.8 Å². The minimum Gasteiger partial charge on any atom is -0.467 e. The number of hydrogen-bond acceptors (Lipinski definition) is 7. The fraction of sp³-hybridized carbons (Fsp3) is 0.565. The zero-order chi connectivity index (χ0) is 24.1. The average Bonchev–Trinajstić information content (AvgIpc) is 2.73. The number of esters is 3. The summed E-state index contributed by atoms with van der Waals surface area (Å²) in [7, 11) is 1.23. The smallest absolute Gasteiger partial charge is 0.328 e. The maximum Gasteiger partial charge on any atom is 0.328 e. The molecule has 0 saturated heterocycles. The Balaban J connectivity index is 2.87. The van der Waals surface area contributed by atoms with Crippen LogP contribution in [0.2, 0.25) is 0 Å². The molecule has 178 valence electrons. The summed E-state index contributed by atoms with van der Waals surface area (Å²) in [6.07, 6.45) is 1.87. The summed E-state index contributed by atoms with van der Waals surface area (Å²) >= 11 is 0. The van der Waals surface area contributed by atoms with Crippen LogP contribution < -0.4 is 5.32 Å². The van der Waals surface area contributed by atoms with Gasteiger partial charge in [0.15, 0.2) is 0 Å². The topological polar surface area (TPSA) is 111 Å². The van der Waals surface area contributed by atoms with Gasteiger partial charge < -0.3 is 24.4 Å². The molecule has 9 nitrogen and oxygen atoms in total. The fourth-order valence-corrected chi connectivity index (χ4v) is 2.71. The van der Waals surface area contributed by atoms with Crippen LogP contribution in [-0.2, 0) is 35.2 Å². The molecule has 1 aromatic carbocycles. The third-order valence-corrected chi connectivity index (χ3v) is 4.22. The van der Waals surface area contributed by atoms with Gasteiger partial charge >= 0.3 is 23.9 Å². The fourth-order valence-electron chi connectivity index (χ4n) is 2.71. The average molecular weight is 451 g/mol. The van der Waals surface area contributed by atoms with E-state index in [1.54, 1.807) is 32.9 Å². The second kappa shape index (κ2) is 13.3. The van der Waals surface area contributed by atoms with Crippen molar-refractivity contribution < 1.29 is 33.4 Å². The monoisotopic (exact) mass is 450 g/mol. The van der Waals surface area contributed by atoms with Gasteiger partial charge in [0.2, 0.25) is 0 Å². The lowest BCUT2D eigenvalue weighted by Gasteiger charge is -2.26. The molecule has 1 atom stereocenters. The Hall–Kier alpha value is -3.10. The lowest BCUT2D eigenvalue weighted by Crippen LogP contribution is -2.51. The molecule has 0 heterocycles. The summed E-state index contributed by atoms with van der Waals surface area (Å²) < 4.78 is 15.2. The van der Waals surface area contributed by atoms with Crippen molar-refractivity contribution in [3.8, 4) is 0 Å². The number of carbonyl (C=O) groups is 4. The van der Waals surface area contributed by atoms with Crippen LogP contribution in [0.15, 0.2) is 30.3 Å². The van der Waals surface area contributed by atoms with E-state index in [1.165, 1.54) is 7.11 Å². The van der Waals surface area contributed by atoms with Gasteiger partial charge in [0.05, 0.1) is 7.11 Å². The molecule has 0 fully saturated rings. The maximum absolute atomic E-state index is 12.8. The van der Waals surface area contributed by atoms with E-state index in [-0.39, 0.29) is 6.61 Å². The van der Waals surface area contributed by atoms with E-state index in [1.807, 2.05) is 25.1 Å². The van der Waals surface area contributed by atoms with Crippen LogP contribution in [0.5, 0.6) is 0 Å². The Morgan fingerprint density at radius 1 is 1.03 bits per heavy atom. The second-order valence-corrected chi connectivity index (χ2v) is 8.26. The van der Waals surface area contributed by atoms with E-state index in [0.29, 0.717) is 12.8 Å². The molecule has 0 spiro atoms. The van der Waals surface area contributed by atoms with Gasteiger partial charge in [-0.25, -0.2) is 9.59 Å². The van der Waals surface area contributed by atoms with Gasteiger partial charge in [0.1, 0.15) is 31.3 Å². The Bertz CT molecular complexity index is 759. The molecule has 0 bridgehead atoms. The van der Waals surface area contributed by atoms with Crippen molar-refractivity contribution in [2.75, 3.05) is 20.2 Å². The summed E-state index contributed by atoms with van der Waals surface area (Å²) in [6, 6.07) is 7.41. The van der Waals surface area contributed by atoms with Gasteiger partial charge in [-0.1, -0.05) is 50.1 Å². The summed E-state index contributed by atoms with van der Waals surface area (Å²) in [4.78, 5) is 50.5. The highest BCUT2D eigenvalue weighted by molar-refractivity contribution is 5.88. The first-order valence-corrected chi connectivity index (χ1v) is 10.6. The first-order chi connectivity index (χ1) is 15.1. The lowest BCUT2D eigenvalue weighted by atomic mass is 10.1. The molecule has 1 aromatic rings. The highest BCUT2D eigenvalue weighted by atomic mass is 16.6. The number of benzene rings is 1. The Morgan fingerprint density at radius 3 is 2.22 bits per heavy atom. The number of carbonyl (C=O) groups excluding carboxylic acids is 4. The molecule has 0 aliphatic carbocycles. The highest BCUT2D eigenvalue weighted by Gasteiger charge is 2.28. The van der Waals surface area contributed by atoms with Crippen LogP contribution in [0.4, 0.5) is 4.79 Å². The summed E-state index contributed by atoms with van der Waals surface area (Å²) in [5, 5.41) is 2.55. The summed E-state index contributed by atoms with van der Waals surface area (Å²) in [6.45, 7) is 6.10. The number of unbranched alkanes of at least 4 members (excludes halogenated alkanes) is 1. The van der Waals surface area contributed by atoms with E-state index in [0.717, 1.165) is 16.9 Å². The molecule has 1 rings (SSSR count). The number of nitrogens with zero attached hydrogens (tertiary/aromatic N) is 1. The number of amides is 2. The SMILES string of the molecule is CCCC[C@H](NC(=O)N(CC(=O)OCc1ccccc1)CC(=O)OC(C)(C)C)C(=O)OC. The molecular weight excluding hydrogens is 416 g/mol. The number of nitrogens with one attached hydrogen (secondary N) is 1. The van der Waals surface area contributed by atoms with Crippen molar-refractivity contribution in [1.29, 1.82) is 0 Å². The molecule has 0 aliphatic rings. The molecular formula is C23H34N2O7. The van der Waals surface area contributed by atoms with Crippen molar-refractivity contribution >= 4 is 23.9 Å². The molecule has 9 heteroatoms. The van der Waals surface area contributed by atoms with Gasteiger partial charge in [-0.15, -0.1) is 0 Å². The van der Waals surface area contributed by atoms with Gasteiger partial charge in [0, 0.05) is 0 Å². The molecule has 0 unspecified atom stereocenters. The van der Waals surface area contributed by atoms with Crippen LogP contribution >= 0.6 is 0 Å². The van der Waals surface area contributed by atoms with Crippen LogP contribution in [0.1, 0.15) is 52.5 Å². The van der Waals surface area contributed by atoms with Gasteiger partial charge in [0.25, 0.3) is 0 Å². The number of hydrogen-bond donors (Lipinski definition) is 1. The van der Waals surface area contributed by atoms with E-state index in [4.69, 9.17) is 14.2 Å². The van der Waals surface area contributed by atoms with Crippen LogP contribution in [0, 0.1) is 0 Å². The highest BCUT2D eigenvalue weighted by Crippen LogP contribution is 2.09. The standard InChI is InChI=1S/C23H34N2O7/c1-6-7-13-18(21(28)30-5)24-22(29)25(15-20(27)32-23(2,3)4)14-19(26)31-16-17-11-9-8-10-12-17/h8-12,18H,6-7,13-16H2,1-5H3,(H,24,29)/t18-/m0/s1. The zero-order valence-electron chi connectivity index (χ0n) is 19.5. The first-order valence-electron chi connectivity index (χ1n) is 10.6. The van der Waals surface area contributed by atoms with Crippen molar-refractivity contribution in [3.63, 3.8) is 0 Å². The normalized spacial score (nSPS) is 11.8. The van der Waals surface area contributed by atoms with E-state index in [2.05, 4.69) is 5.32 Å². The third-order valence-electron chi connectivity index (χ3n) is 4.22. The predicted molar refractivity (Wildman–Crippen MR) is 118 cm³/mol. The third kappa shape index (κ3) is 10.8. The minimum absolute atomic E-state index is 0.0306. The zero-order valence-corrected chi connectivity index (χ0v) is 19.5. The quantitative estimate of drug-likeness (QED) is 0.408. The molecule has 2 amide bonds. The van der Waals surface area contributed by atoms with Gasteiger partial charge in [-0.2, -0.15) is 0 Å². The van der Waals surface area contributed by atoms with Gasteiger partial charge in [-0.3, -0.25) is 9.59 Å². The van der Waals surface area contributed by atoms with Crippen molar-refractivity contribution in [2.24, 2.45) is 0 Å². The minimum atomic E-state index is -0.895. The van der Waals surface area contributed by atoms with Crippen molar-refractivity contribution in [2.45, 2.75) is 65.2 Å². The predicted octanol–water partition coefficient (Wildman–Crippen LogP) is 2.81. The summed E-state index contributed by atoms with van der Waals surface area (Å²) in [5.74, 6) is -1.99. The molecule has 1 N–H and O–H groups in total. The number of methoxy groups -OCH3 is 1. The molecule has 0 aromatic heterocycles. The van der Waals surface area contributed by atoms with E-state index >= 15 is 0 Å². The van der Waals surface area contributed by atoms with Crippen LogP contribution in [0.25, 0.3) is 0 Å². The lowest BCUT2D eigenvalue weighted by molar-refractivity contribution is -0.156. The molecule has 0 radical (unpaired) electrons. The van der Waals surface area contributed by atoms with E-state index in [9.17, 15) is 19.2 Å². The maximum atomic E-state index is 12.8. The Labute approximate surface area is 189 Å². The summed E-state index contributed by atoms with van der Waals surface area (Å²) in [5.41, 5.74) is 0.0252. The Kier molecular flexibility index (Phi) is 11.2. The number of ether oxygens (including phenoxy) is 3. The van der Waals surface area contributed by atoms with E-state index < -0.39 is 48.7 Å². The van der Waals surface area contributed by atoms with Crippen molar-refractivity contribution in [3.05, 3.63) is 35.9 Å². The van der Waals surface area contributed by atoms with Crippen LogP contribution in [0.3, 0.4) is 0 Å². The second-order valence-electron chi connectivity index (χ2n) is 8.26.